The van der Waals surface area contributed by atoms with E-state index in [4.69, 9.17) is 18.9 Å². The van der Waals surface area contributed by atoms with Gasteiger partial charge in [-0.3, -0.25) is 4.90 Å². The van der Waals surface area contributed by atoms with Crippen LogP contribution < -0.4 is 31.4 Å². The molecule has 0 radical (unpaired) electrons. The topological polar surface area (TPSA) is 41.4 Å². The highest BCUT2D eigenvalue weighted by molar-refractivity contribution is 5.77. The second kappa shape index (κ2) is 12.8. The van der Waals surface area contributed by atoms with E-state index in [0.717, 1.165) is 42.2 Å². The first-order chi connectivity index (χ1) is 22.0. The smallest absolute Gasteiger partial charge is 0.231 e. The highest BCUT2D eigenvalue weighted by Gasteiger charge is 2.40. The average Bonchev–Trinajstić information content (AvgIpc) is 3.49. The van der Waals surface area contributed by atoms with Gasteiger partial charge in [-0.25, -0.2) is 0 Å². The largest absolute Gasteiger partial charge is 1.00 e. The van der Waals surface area contributed by atoms with E-state index in [1.165, 1.54) is 55.1 Å². The Labute approximate surface area is 290 Å². The lowest BCUT2D eigenvalue weighted by Gasteiger charge is -2.36. The van der Waals surface area contributed by atoms with E-state index in [1.54, 1.807) is 7.11 Å². The maximum absolute atomic E-state index is 6.75. The van der Waals surface area contributed by atoms with Crippen molar-refractivity contribution < 1.29 is 40.8 Å². The van der Waals surface area contributed by atoms with Crippen LogP contribution in [0.4, 0.5) is 0 Å². The summed E-state index contributed by atoms with van der Waals surface area (Å²) in [6.07, 6.45) is 8.18. The molecule has 2 unspecified atom stereocenters. The SMILES string of the molecule is COC1=CC=C2C(=C[NH+]3CCc4cc5c(cc4C3=C2Cc2ccc(C(C)(C)C)cc2)OCO5)C1OCc1ccc(C(C)(C)C)cc1.[Br-]. The number of ether oxygens (including phenoxy) is 4. The van der Waals surface area contributed by atoms with E-state index in [1.807, 2.05) is 0 Å². The number of benzene rings is 3. The minimum Gasteiger partial charge on any atom is -1.00 e. The van der Waals surface area contributed by atoms with E-state index in [0.29, 0.717) is 6.61 Å². The molecule has 0 spiro atoms. The maximum atomic E-state index is 6.75. The number of hydrogen-bond acceptors (Lipinski definition) is 4. The molecule has 0 amide bonds. The van der Waals surface area contributed by atoms with E-state index in [2.05, 4.69) is 121 Å². The third-order valence-corrected chi connectivity index (χ3v) is 9.75. The van der Waals surface area contributed by atoms with Gasteiger partial charge in [0.15, 0.2) is 11.5 Å². The van der Waals surface area contributed by atoms with Crippen LogP contribution in [0.15, 0.2) is 101 Å². The summed E-state index contributed by atoms with van der Waals surface area (Å²) >= 11 is 0. The first-order valence-corrected chi connectivity index (χ1v) is 16.5. The summed E-state index contributed by atoms with van der Waals surface area (Å²) in [5.41, 5.74) is 12.9. The van der Waals surface area contributed by atoms with Crippen molar-refractivity contribution in [3.05, 3.63) is 135 Å². The number of allylic oxidation sites excluding steroid dienone is 3. The maximum Gasteiger partial charge on any atom is 0.231 e. The van der Waals surface area contributed by atoms with E-state index >= 15 is 0 Å². The molecule has 3 aromatic rings. The number of hydrogen-bond donors (Lipinski definition) is 1. The quantitative estimate of drug-likeness (QED) is 0.417. The number of nitrogens with one attached hydrogen (secondary N) is 1. The zero-order valence-electron chi connectivity index (χ0n) is 28.6. The molecular weight excluding hydrogens is 650 g/mol. The van der Waals surface area contributed by atoms with Gasteiger partial charge in [-0.15, -0.1) is 0 Å². The average molecular weight is 697 g/mol. The molecule has 3 aromatic carbocycles. The molecule has 3 aliphatic heterocycles. The molecular formula is C41H46BrNO4. The van der Waals surface area contributed by atoms with Crippen molar-refractivity contribution in [2.75, 3.05) is 20.4 Å². The Morgan fingerprint density at radius 2 is 1.43 bits per heavy atom. The molecule has 1 aliphatic carbocycles. The molecule has 1 N–H and O–H groups in total. The van der Waals surface area contributed by atoms with Gasteiger partial charge < -0.3 is 35.9 Å². The van der Waals surface area contributed by atoms with Crippen molar-refractivity contribution in [1.29, 1.82) is 0 Å². The summed E-state index contributed by atoms with van der Waals surface area (Å²) in [6.45, 7) is 15.3. The third kappa shape index (κ3) is 6.48. The lowest BCUT2D eigenvalue weighted by Crippen LogP contribution is -3.06. The van der Waals surface area contributed by atoms with Gasteiger partial charge in [0.1, 0.15) is 23.8 Å². The molecule has 3 heterocycles. The molecule has 246 valence electrons. The molecule has 7 rings (SSSR count). The fourth-order valence-corrected chi connectivity index (χ4v) is 7.02. The van der Waals surface area contributed by atoms with Crippen molar-refractivity contribution in [3.8, 4) is 11.5 Å². The first kappa shape index (κ1) is 33.3. The van der Waals surface area contributed by atoms with Gasteiger partial charge in [-0.05, 0) is 62.4 Å². The Bertz CT molecular complexity index is 1780. The van der Waals surface area contributed by atoms with Crippen LogP contribution in [0.3, 0.4) is 0 Å². The molecule has 0 saturated carbocycles. The lowest BCUT2D eigenvalue weighted by molar-refractivity contribution is -0.771. The molecule has 6 heteroatoms. The number of fused-ring (bicyclic) bond motifs is 5. The Balaban J connectivity index is 0.00000386. The summed E-state index contributed by atoms with van der Waals surface area (Å²) in [6, 6.07) is 22.4. The Morgan fingerprint density at radius 3 is 2.04 bits per heavy atom. The van der Waals surface area contributed by atoms with Crippen molar-refractivity contribution in [2.24, 2.45) is 0 Å². The second-order valence-corrected chi connectivity index (χ2v) is 15.0. The van der Waals surface area contributed by atoms with Crippen LogP contribution >= 0.6 is 0 Å². The zero-order valence-corrected chi connectivity index (χ0v) is 30.2. The molecule has 0 aromatic heterocycles. The Morgan fingerprint density at radius 1 is 0.809 bits per heavy atom. The van der Waals surface area contributed by atoms with Gasteiger partial charge in [0.2, 0.25) is 6.79 Å². The first-order valence-electron chi connectivity index (χ1n) is 16.5. The van der Waals surface area contributed by atoms with E-state index < -0.39 is 0 Å². The molecule has 0 bridgehead atoms. The summed E-state index contributed by atoms with van der Waals surface area (Å²) in [5, 5.41) is 0. The summed E-state index contributed by atoms with van der Waals surface area (Å²) < 4.78 is 24.3. The van der Waals surface area contributed by atoms with Crippen LogP contribution in [0.1, 0.15) is 74.9 Å². The normalized spacial score (nSPS) is 19.9. The van der Waals surface area contributed by atoms with Crippen LogP contribution in [0.2, 0.25) is 0 Å². The van der Waals surface area contributed by atoms with E-state index in [-0.39, 0.29) is 40.7 Å². The summed E-state index contributed by atoms with van der Waals surface area (Å²) in [7, 11) is 1.74. The van der Waals surface area contributed by atoms with Gasteiger partial charge in [0, 0.05) is 29.6 Å². The monoisotopic (exact) mass is 695 g/mol. The third-order valence-electron chi connectivity index (χ3n) is 9.75. The van der Waals surface area contributed by atoms with Gasteiger partial charge >= 0.3 is 0 Å². The minimum absolute atomic E-state index is 0. The number of rotatable bonds is 6. The highest BCUT2D eigenvalue weighted by Crippen LogP contribution is 2.43. The molecule has 0 fully saturated rings. The van der Waals surface area contributed by atoms with Gasteiger partial charge in [-0.1, -0.05) is 96.1 Å². The van der Waals surface area contributed by atoms with Crippen LogP contribution in [0.5, 0.6) is 11.5 Å². The standard InChI is InChI=1S/C41H45NO4.BrH/c1-40(2,3)29-12-8-26(9-13-29)20-33-31-16-17-35(43-7)39(44-24-27-10-14-30(15-11-27)41(4,5)6)34(31)23-42-19-18-28-21-36-37(46-25-45-36)22-32(28)38(33)42;/h8-17,21-23,39H,18-20,24-25H2,1-7H3;1H. The number of methoxy groups -OCH3 is 1. The minimum atomic E-state index is -0.294. The predicted molar refractivity (Wildman–Crippen MR) is 183 cm³/mol. The lowest BCUT2D eigenvalue weighted by atomic mass is 9.79. The Hall–Kier alpha value is -3.58. The fraction of sp³-hybridized carbons (Fsp3) is 0.366. The Kier molecular flexibility index (Phi) is 9.07. The van der Waals surface area contributed by atoms with Gasteiger partial charge in [-0.2, -0.15) is 0 Å². The van der Waals surface area contributed by atoms with Crippen LogP contribution in [-0.4, -0.2) is 26.6 Å². The molecule has 5 nitrogen and oxygen atoms in total. The second-order valence-electron chi connectivity index (χ2n) is 15.0. The van der Waals surface area contributed by atoms with Crippen molar-refractivity contribution in [3.63, 3.8) is 0 Å². The van der Waals surface area contributed by atoms with Gasteiger partial charge in [0.25, 0.3) is 0 Å². The number of quaternary nitrogens is 1. The fourth-order valence-electron chi connectivity index (χ4n) is 7.02. The van der Waals surface area contributed by atoms with E-state index in [9.17, 15) is 0 Å². The molecule has 47 heavy (non-hydrogen) atoms. The van der Waals surface area contributed by atoms with Crippen LogP contribution in [0, 0.1) is 0 Å². The van der Waals surface area contributed by atoms with Crippen molar-refractivity contribution >= 4 is 5.70 Å². The summed E-state index contributed by atoms with van der Waals surface area (Å²) in [5.74, 6) is 2.51. The van der Waals surface area contributed by atoms with Gasteiger partial charge in [0.05, 0.1) is 20.3 Å². The molecule has 2 atom stereocenters. The predicted octanol–water partition coefficient (Wildman–Crippen LogP) is 4.36. The van der Waals surface area contributed by atoms with Crippen LogP contribution in [-0.2, 0) is 39.8 Å². The van der Waals surface area contributed by atoms with Crippen molar-refractivity contribution in [2.45, 2.75) is 77.9 Å². The summed E-state index contributed by atoms with van der Waals surface area (Å²) in [4.78, 5) is 1.35. The highest BCUT2D eigenvalue weighted by atomic mass is 79.9. The van der Waals surface area contributed by atoms with Crippen LogP contribution in [0.25, 0.3) is 5.70 Å². The zero-order chi connectivity index (χ0) is 32.2. The number of halogens is 1. The molecule has 4 aliphatic rings. The van der Waals surface area contributed by atoms with Crippen molar-refractivity contribution in [1.82, 2.24) is 0 Å². The molecule has 0 saturated heterocycles.